The van der Waals surface area contributed by atoms with Crippen LogP contribution >= 0.6 is 0 Å². The van der Waals surface area contributed by atoms with Crippen LogP contribution in [0.2, 0.25) is 0 Å². The molecule has 3 rings (SSSR count). The van der Waals surface area contributed by atoms with Gasteiger partial charge in [0, 0.05) is 0 Å². The van der Waals surface area contributed by atoms with Crippen LogP contribution in [-0.2, 0) is 0 Å². The number of aliphatic hydroxyl groups excluding tert-OH is 2. The van der Waals surface area contributed by atoms with Gasteiger partial charge in [-0.25, -0.2) is 0 Å². The van der Waals surface area contributed by atoms with Gasteiger partial charge in [-0.15, -0.1) is 0 Å². The maximum Gasteiger partial charge on any atom is 0.0602 e. The number of allylic oxidation sites excluding steroid dienone is 3. The van der Waals surface area contributed by atoms with Crippen LogP contribution < -0.4 is 0 Å². The third kappa shape index (κ3) is 8.42. The van der Waals surface area contributed by atoms with Crippen molar-refractivity contribution >= 4 is 0 Å². The predicted octanol–water partition coefficient (Wildman–Crippen LogP) is 6.46. The normalized spacial score (nSPS) is 33.4. The summed E-state index contributed by atoms with van der Waals surface area (Å²) < 4.78 is 0. The summed E-state index contributed by atoms with van der Waals surface area (Å²) in [6, 6.07) is 0. The van der Waals surface area contributed by atoms with Crippen molar-refractivity contribution in [3.8, 4) is 0 Å². The van der Waals surface area contributed by atoms with Gasteiger partial charge in [0.25, 0.3) is 0 Å². The molecule has 3 aliphatic carbocycles. The first kappa shape index (κ1) is 28.9. The zero-order valence-corrected chi connectivity index (χ0v) is 23.2. The van der Waals surface area contributed by atoms with Crippen molar-refractivity contribution in [2.24, 2.45) is 23.2 Å². The summed E-state index contributed by atoms with van der Waals surface area (Å²) in [5, 5.41) is 40.7. The van der Waals surface area contributed by atoms with Gasteiger partial charge < -0.3 is 20.4 Å². The molecule has 0 aliphatic heterocycles. The molecule has 5 atom stereocenters. The van der Waals surface area contributed by atoms with E-state index in [1.54, 1.807) is 5.57 Å². The zero-order chi connectivity index (χ0) is 25.9. The van der Waals surface area contributed by atoms with Gasteiger partial charge >= 0.3 is 0 Å². The summed E-state index contributed by atoms with van der Waals surface area (Å²) in [5.74, 6) is 1.98. The first-order valence-electron chi connectivity index (χ1n) is 14.5. The lowest BCUT2D eigenvalue weighted by Gasteiger charge is -2.45. The molecule has 4 N–H and O–H groups in total. The monoisotopic (exact) mass is 490 g/mol. The molecule has 3 saturated carbocycles. The summed E-state index contributed by atoms with van der Waals surface area (Å²) in [5.41, 5.74) is 1.88. The Labute approximate surface area is 214 Å². The molecule has 3 fully saturated rings. The maximum absolute atomic E-state index is 10.3. The van der Waals surface area contributed by atoms with Crippen molar-refractivity contribution < 1.29 is 20.4 Å². The Bertz CT molecular complexity index is 708. The molecule has 4 heteroatoms. The SMILES string of the molecule is CC(C)(O)CCCC(CCCC(C)(C)O)[C@H]1CC[C@H]2C(=CC=C3C[C@@H](O)C[C@H](O)C3)CCC[C@]12C. The van der Waals surface area contributed by atoms with E-state index >= 15 is 0 Å². The molecule has 0 unspecified atom stereocenters. The molecule has 4 nitrogen and oxygen atoms in total. The van der Waals surface area contributed by atoms with Gasteiger partial charge in [-0.05, 0) is 115 Å². The third-order valence-electron chi connectivity index (χ3n) is 9.41. The minimum Gasteiger partial charge on any atom is -0.393 e. The van der Waals surface area contributed by atoms with E-state index < -0.39 is 23.4 Å². The fourth-order valence-corrected chi connectivity index (χ4v) is 7.72. The molecule has 0 heterocycles. The average Bonchev–Trinajstić information content (AvgIpc) is 3.06. The summed E-state index contributed by atoms with van der Waals surface area (Å²) in [6.45, 7) is 10.2. The molecule has 202 valence electrons. The standard InChI is InChI=1S/C31H54O4/c1-29(2,34)16-6-9-23(10-7-17-30(3,4)35)27-14-15-28-24(11-8-18-31(27,28)5)13-12-22-19-25(32)21-26(33)20-22/h12-13,23,25-28,32-35H,6-11,14-21H2,1-5H3/t25-,26-,27-,28+,31-/m1/s1. The number of rotatable bonds is 10. The molecule has 0 amide bonds. The lowest BCUT2D eigenvalue weighted by atomic mass is 9.60. The Balaban J connectivity index is 1.73. The zero-order valence-electron chi connectivity index (χ0n) is 23.2. The number of fused-ring (bicyclic) bond motifs is 1. The molecule has 3 aliphatic rings. The fraction of sp³-hybridized carbons (Fsp3) is 0.871. The second kappa shape index (κ2) is 11.8. The van der Waals surface area contributed by atoms with Gasteiger partial charge in [0.15, 0.2) is 0 Å². The van der Waals surface area contributed by atoms with Crippen LogP contribution in [0.15, 0.2) is 23.3 Å². The lowest BCUT2D eigenvalue weighted by molar-refractivity contribution is 0.0479. The second-order valence-corrected chi connectivity index (χ2v) is 13.8. The summed E-state index contributed by atoms with van der Waals surface area (Å²) in [4.78, 5) is 0. The van der Waals surface area contributed by atoms with E-state index in [0.717, 1.165) is 25.7 Å². The summed E-state index contributed by atoms with van der Waals surface area (Å²) in [6.07, 6.45) is 18.0. The molecule has 0 saturated heterocycles. The molecule has 0 bridgehead atoms. The minimum atomic E-state index is -0.603. The van der Waals surface area contributed by atoms with Crippen molar-refractivity contribution in [2.75, 3.05) is 0 Å². The minimum absolute atomic E-state index is 0.322. The highest BCUT2D eigenvalue weighted by Gasteiger charge is 2.51. The predicted molar refractivity (Wildman–Crippen MR) is 144 cm³/mol. The van der Waals surface area contributed by atoms with Crippen LogP contribution in [0.25, 0.3) is 0 Å². The first-order chi connectivity index (χ1) is 16.3. The molecular weight excluding hydrogens is 436 g/mol. The van der Waals surface area contributed by atoms with Gasteiger partial charge in [0.1, 0.15) is 0 Å². The highest BCUT2D eigenvalue weighted by atomic mass is 16.3. The van der Waals surface area contributed by atoms with Crippen molar-refractivity contribution in [3.63, 3.8) is 0 Å². The third-order valence-corrected chi connectivity index (χ3v) is 9.41. The van der Waals surface area contributed by atoms with Crippen LogP contribution in [0.1, 0.15) is 125 Å². The Hall–Kier alpha value is -0.680. The molecule has 0 aromatic rings. The number of hydrogen-bond donors (Lipinski definition) is 4. The van der Waals surface area contributed by atoms with Gasteiger partial charge in [-0.1, -0.05) is 55.9 Å². The second-order valence-electron chi connectivity index (χ2n) is 13.8. The van der Waals surface area contributed by atoms with E-state index in [1.807, 2.05) is 27.7 Å². The van der Waals surface area contributed by atoms with E-state index in [-0.39, 0.29) is 0 Å². The quantitative estimate of drug-likeness (QED) is 0.283. The van der Waals surface area contributed by atoms with Gasteiger partial charge in [-0.3, -0.25) is 0 Å². The smallest absolute Gasteiger partial charge is 0.0602 e. The van der Waals surface area contributed by atoms with E-state index in [2.05, 4.69) is 19.1 Å². The van der Waals surface area contributed by atoms with E-state index in [9.17, 15) is 20.4 Å². The largest absolute Gasteiger partial charge is 0.393 e. The molecule has 0 radical (unpaired) electrons. The molecule has 35 heavy (non-hydrogen) atoms. The van der Waals surface area contributed by atoms with Crippen molar-refractivity contribution in [1.29, 1.82) is 0 Å². The Morgan fingerprint density at radius 3 is 2.03 bits per heavy atom. The summed E-state index contributed by atoms with van der Waals surface area (Å²) >= 11 is 0. The van der Waals surface area contributed by atoms with Crippen LogP contribution in [0.3, 0.4) is 0 Å². The van der Waals surface area contributed by atoms with Crippen LogP contribution in [0, 0.1) is 23.2 Å². The molecule has 0 spiro atoms. The van der Waals surface area contributed by atoms with Crippen LogP contribution in [0.4, 0.5) is 0 Å². The summed E-state index contributed by atoms with van der Waals surface area (Å²) in [7, 11) is 0. The average molecular weight is 491 g/mol. The van der Waals surface area contributed by atoms with Crippen LogP contribution in [-0.4, -0.2) is 43.8 Å². The topological polar surface area (TPSA) is 80.9 Å². The van der Waals surface area contributed by atoms with Gasteiger partial charge in [0.2, 0.25) is 0 Å². The molecule has 0 aromatic heterocycles. The fourth-order valence-electron chi connectivity index (χ4n) is 7.72. The Kier molecular flexibility index (Phi) is 9.73. The van der Waals surface area contributed by atoms with Crippen LogP contribution in [0.5, 0.6) is 0 Å². The van der Waals surface area contributed by atoms with Crippen molar-refractivity contribution in [3.05, 3.63) is 23.3 Å². The Morgan fingerprint density at radius 1 is 0.914 bits per heavy atom. The number of aliphatic hydroxyl groups is 4. The lowest BCUT2D eigenvalue weighted by Crippen LogP contribution is -2.37. The van der Waals surface area contributed by atoms with Crippen molar-refractivity contribution in [1.82, 2.24) is 0 Å². The first-order valence-corrected chi connectivity index (χ1v) is 14.5. The number of hydrogen-bond acceptors (Lipinski definition) is 4. The Morgan fingerprint density at radius 2 is 1.49 bits per heavy atom. The van der Waals surface area contributed by atoms with E-state index in [0.29, 0.717) is 42.4 Å². The van der Waals surface area contributed by atoms with Gasteiger partial charge in [0.05, 0.1) is 23.4 Å². The highest BCUT2D eigenvalue weighted by Crippen LogP contribution is 2.60. The highest BCUT2D eigenvalue weighted by molar-refractivity contribution is 5.26. The van der Waals surface area contributed by atoms with Crippen molar-refractivity contribution in [2.45, 2.75) is 148 Å². The van der Waals surface area contributed by atoms with E-state index in [1.165, 1.54) is 50.5 Å². The van der Waals surface area contributed by atoms with Gasteiger partial charge in [-0.2, -0.15) is 0 Å². The molecular formula is C31H54O4. The maximum atomic E-state index is 10.3. The molecule has 0 aromatic carbocycles. The van der Waals surface area contributed by atoms with E-state index in [4.69, 9.17) is 0 Å².